The van der Waals surface area contributed by atoms with Crippen molar-refractivity contribution in [2.24, 2.45) is 0 Å². The molecular formula is C11H8Br2ClN3. The second kappa shape index (κ2) is 5.25. The Hall–Kier alpha value is -0.780. The summed E-state index contributed by atoms with van der Waals surface area (Å²) in [5, 5.41) is 3.84. The highest BCUT2D eigenvalue weighted by Crippen LogP contribution is 2.36. The fourth-order valence-corrected chi connectivity index (χ4v) is 2.30. The summed E-state index contributed by atoms with van der Waals surface area (Å²) in [7, 11) is 0. The second-order valence-electron chi connectivity index (χ2n) is 3.31. The maximum absolute atomic E-state index is 6.02. The van der Waals surface area contributed by atoms with Gasteiger partial charge in [-0.1, -0.05) is 17.7 Å². The van der Waals surface area contributed by atoms with Crippen LogP contribution in [-0.4, -0.2) is 4.98 Å². The van der Waals surface area contributed by atoms with Gasteiger partial charge in [0.25, 0.3) is 0 Å². The van der Waals surface area contributed by atoms with E-state index in [2.05, 4.69) is 42.2 Å². The van der Waals surface area contributed by atoms with Crippen molar-refractivity contribution in [2.45, 2.75) is 0 Å². The molecule has 0 radical (unpaired) electrons. The molecule has 0 aliphatic heterocycles. The van der Waals surface area contributed by atoms with Crippen LogP contribution >= 0.6 is 43.5 Å². The number of nitrogens with zero attached hydrogens (tertiary/aromatic N) is 1. The van der Waals surface area contributed by atoms with Crippen molar-refractivity contribution < 1.29 is 0 Å². The Morgan fingerprint density at radius 2 is 2.00 bits per heavy atom. The minimum atomic E-state index is 0.561. The standard InChI is InChI=1S/C11H8Br2ClN3/c12-6-4-16-5-8(15)11(6)17-9-3-1-2-7(14)10(9)13/h1-5H,15H2,(H,16,17). The summed E-state index contributed by atoms with van der Waals surface area (Å²) in [4.78, 5) is 3.98. The zero-order chi connectivity index (χ0) is 12.4. The molecule has 1 aromatic heterocycles. The summed E-state index contributed by atoms with van der Waals surface area (Å²) < 4.78 is 1.59. The van der Waals surface area contributed by atoms with E-state index >= 15 is 0 Å². The molecule has 0 unspecified atom stereocenters. The third-order valence-electron chi connectivity index (χ3n) is 2.14. The average molecular weight is 377 g/mol. The summed E-state index contributed by atoms with van der Waals surface area (Å²) in [5.74, 6) is 0. The number of nitrogens with two attached hydrogens (primary N) is 1. The minimum Gasteiger partial charge on any atom is -0.396 e. The lowest BCUT2D eigenvalue weighted by Crippen LogP contribution is -1.98. The molecule has 2 aromatic rings. The topological polar surface area (TPSA) is 50.9 Å². The summed E-state index contributed by atoms with van der Waals surface area (Å²) in [6, 6.07) is 5.57. The predicted molar refractivity (Wildman–Crippen MR) is 78.8 cm³/mol. The quantitative estimate of drug-likeness (QED) is 0.805. The van der Waals surface area contributed by atoms with Gasteiger partial charge in [-0.3, -0.25) is 4.98 Å². The van der Waals surface area contributed by atoms with Crippen molar-refractivity contribution in [1.82, 2.24) is 4.98 Å². The second-order valence-corrected chi connectivity index (χ2v) is 5.37. The van der Waals surface area contributed by atoms with E-state index in [4.69, 9.17) is 17.3 Å². The Balaban J connectivity index is 2.42. The van der Waals surface area contributed by atoms with Crippen LogP contribution < -0.4 is 11.1 Å². The fourth-order valence-electron chi connectivity index (χ4n) is 1.32. The van der Waals surface area contributed by atoms with Gasteiger partial charge in [0.2, 0.25) is 0 Å². The highest BCUT2D eigenvalue weighted by atomic mass is 79.9. The summed E-state index contributed by atoms with van der Waals surface area (Å²) in [5.41, 5.74) is 8.03. The van der Waals surface area contributed by atoms with Crippen LogP contribution in [0.5, 0.6) is 0 Å². The first-order chi connectivity index (χ1) is 8.09. The number of halogens is 3. The molecule has 6 heteroatoms. The van der Waals surface area contributed by atoms with E-state index in [0.29, 0.717) is 10.7 Å². The average Bonchev–Trinajstić information content (AvgIpc) is 2.29. The number of benzene rings is 1. The van der Waals surface area contributed by atoms with E-state index in [-0.39, 0.29) is 0 Å². The molecule has 17 heavy (non-hydrogen) atoms. The summed E-state index contributed by atoms with van der Waals surface area (Å²) in [6.07, 6.45) is 3.27. The number of anilines is 3. The van der Waals surface area contributed by atoms with Crippen LogP contribution in [0.1, 0.15) is 0 Å². The largest absolute Gasteiger partial charge is 0.396 e. The van der Waals surface area contributed by atoms with E-state index in [1.807, 2.05) is 18.2 Å². The van der Waals surface area contributed by atoms with Crippen LogP contribution in [0.2, 0.25) is 5.02 Å². The molecule has 0 aliphatic rings. The first kappa shape index (κ1) is 12.7. The molecule has 0 aliphatic carbocycles. The predicted octanol–water partition coefficient (Wildman–Crippen LogP) is 4.59. The van der Waals surface area contributed by atoms with Crippen molar-refractivity contribution >= 4 is 60.5 Å². The molecular weight excluding hydrogens is 369 g/mol. The zero-order valence-electron chi connectivity index (χ0n) is 8.55. The summed E-state index contributed by atoms with van der Waals surface area (Å²) >= 11 is 12.8. The molecule has 3 N–H and O–H groups in total. The maximum Gasteiger partial charge on any atom is 0.0794 e. The van der Waals surface area contributed by atoms with Crippen LogP contribution in [-0.2, 0) is 0 Å². The molecule has 2 rings (SSSR count). The number of rotatable bonds is 2. The van der Waals surface area contributed by atoms with Gasteiger partial charge < -0.3 is 11.1 Å². The smallest absolute Gasteiger partial charge is 0.0794 e. The van der Waals surface area contributed by atoms with Gasteiger partial charge in [-0.15, -0.1) is 0 Å². The molecule has 0 saturated heterocycles. The molecule has 0 bridgehead atoms. The first-order valence-electron chi connectivity index (χ1n) is 4.69. The van der Waals surface area contributed by atoms with E-state index in [1.54, 1.807) is 12.4 Å². The van der Waals surface area contributed by atoms with Crippen molar-refractivity contribution in [1.29, 1.82) is 0 Å². The minimum absolute atomic E-state index is 0.561. The lowest BCUT2D eigenvalue weighted by molar-refractivity contribution is 1.31. The van der Waals surface area contributed by atoms with Gasteiger partial charge in [0, 0.05) is 6.20 Å². The number of nitrogen functional groups attached to an aromatic ring is 1. The molecule has 0 saturated carbocycles. The third kappa shape index (κ3) is 2.73. The highest BCUT2D eigenvalue weighted by Gasteiger charge is 2.08. The van der Waals surface area contributed by atoms with E-state index in [9.17, 15) is 0 Å². The van der Waals surface area contributed by atoms with Gasteiger partial charge in [0.15, 0.2) is 0 Å². The van der Waals surface area contributed by atoms with Gasteiger partial charge in [-0.25, -0.2) is 0 Å². The normalized spacial score (nSPS) is 10.3. The number of pyridine rings is 1. The fraction of sp³-hybridized carbons (Fsp3) is 0. The first-order valence-corrected chi connectivity index (χ1v) is 6.66. The molecule has 1 aromatic carbocycles. The highest BCUT2D eigenvalue weighted by molar-refractivity contribution is 9.11. The van der Waals surface area contributed by atoms with Gasteiger partial charge in [-0.05, 0) is 44.0 Å². The Morgan fingerprint density at radius 3 is 2.71 bits per heavy atom. The van der Waals surface area contributed by atoms with Gasteiger partial charge >= 0.3 is 0 Å². The SMILES string of the molecule is Nc1cncc(Br)c1Nc1cccc(Cl)c1Br. The Morgan fingerprint density at radius 1 is 1.24 bits per heavy atom. The van der Waals surface area contributed by atoms with Crippen molar-refractivity contribution in [3.63, 3.8) is 0 Å². The van der Waals surface area contributed by atoms with Crippen molar-refractivity contribution in [3.8, 4) is 0 Å². The van der Waals surface area contributed by atoms with Crippen LogP contribution in [0, 0.1) is 0 Å². The van der Waals surface area contributed by atoms with Gasteiger partial charge in [-0.2, -0.15) is 0 Å². The van der Waals surface area contributed by atoms with Crippen LogP contribution in [0.3, 0.4) is 0 Å². The number of hydrogen-bond donors (Lipinski definition) is 2. The molecule has 0 amide bonds. The molecule has 0 spiro atoms. The monoisotopic (exact) mass is 375 g/mol. The van der Waals surface area contributed by atoms with Crippen molar-refractivity contribution in [3.05, 3.63) is 44.6 Å². The Kier molecular flexibility index (Phi) is 3.91. The Labute approximate surface area is 121 Å². The molecule has 1 heterocycles. The van der Waals surface area contributed by atoms with Crippen LogP contribution in [0.25, 0.3) is 0 Å². The molecule has 3 nitrogen and oxygen atoms in total. The molecule has 88 valence electrons. The van der Waals surface area contributed by atoms with Crippen LogP contribution in [0.4, 0.5) is 17.1 Å². The Bertz CT molecular complexity index is 540. The number of nitrogens with one attached hydrogen (secondary N) is 1. The van der Waals surface area contributed by atoms with Gasteiger partial charge in [0.05, 0.1) is 37.2 Å². The lowest BCUT2D eigenvalue weighted by Gasteiger charge is -2.12. The van der Waals surface area contributed by atoms with E-state index in [0.717, 1.165) is 20.3 Å². The maximum atomic E-state index is 6.02. The number of hydrogen-bond acceptors (Lipinski definition) is 3. The lowest BCUT2D eigenvalue weighted by atomic mass is 10.3. The van der Waals surface area contributed by atoms with Gasteiger partial charge in [0.1, 0.15) is 0 Å². The summed E-state index contributed by atoms with van der Waals surface area (Å²) in [6.45, 7) is 0. The zero-order valence-corrected chi connectivity index (χ0v) is 12.5. The van der Waals surface area contributed by atoms with E-state index < -0.39 is 0 Å². The van der Waals surface area contributed by atoms with Crippen LogP contribution in [0.15, 0.2) is 39.5 Å². The van der Waals surface area contributed by atoms with E-state index in [1.165, 1.54) is 0 Å². The third-order valence-corrected chi connectivity index (χ3v) is 4.14. The van der Waals surface area contributed by atoms with Crippen molar-refractivity contribution in [2.75, 3.05) is 11.1 Å². The molecule has 0 atom stereocenters. The molecule has 0 fully saturated rings. The number of aromatic nitrogens is 1.